The lowest BCUT2D eigenvalue weighted by molar-refractivity contribution is 0.666. The van der Waals surface area contributed by atoms with E-state index in [0.717, 1.165) is 0 Å². The van der Waals surface area contributed by atoms with Crippen LogP contribution >= 0.6 is 22.7 Å². The van der Waals surface area contributed by atoms with E-state index >= 15 is 0 Å². The van der Waals surface area contributed by atoms with Crippen molar-refractivity contribution in [2.75, 3.05) is 0 Å². The van der Waals surface area contributed by atoms with E-state index in [2.05, 4.69) is 38.3 Å². The summed E-state index contributed by atoms with van der Waals surface area (Å²) in [5, 5.41) is 2.29. The van der Waals surface area contributed by atoms with E-state index in [0.29, 0.717) is 0 Å². The van der Waals surface area contributed by atoms with Crippen molar-refractivity contribution in [2.45, 2.75) is 85.0 Å². The Morgan fingerprint density at radius 1 is 0.783 bits per heavy atom. The van der Waals surface area contributed by atoms with Crippen LogP contribution in [-0.4, -0.2) is 0 Å². The van der Waals surface area contributed by atoms with E-state index in [4.69, 9.17) is 0 Å². The van der Waals surface area contributed by atoms with Crippen LogP contribution < -0.4 is 0 Å². The van der Waals surface area contributed by atoms with Crippen molar-refractivity contribution in [3.63, 3.8) is 0 Å². The van der Waals surface area contributed by atoms with E-state index < -0.39 is 0 Å². The van der Waals surface area contributed by atoms with Gasteiger partial charge in [-0.05, 0) is 61.2 Å². The first kappa shape index (κ1) is 18.7. The zero-order valence-electron chi connectivity index (χ0n) is 15.1. The maximum Gasteiger partial charge on any atom is 0.0480 e. The van der Waals surface area contributed by atoms with Crippen LogP contribution in [0.4, 0.5) is 0 Å². The standard InChI is InChI=1S/C21H32S2/c1-4-6-8-10-12-18-14-15-22-20(18)21-19(16-17(3)23-21)13-11-9-7-5-2/h14-16H,4-13H2,1-3H3. The lowest BCUT2D eigenvalue weighted by Gasteiger charge is -2.06. The summed E-state index contributed by atoms with van der Waals surface area (Å²) < 4.78 is 0. The SMILES string of the molecule is CCCCCCc1ccsc1-c1sc(C)cc1CCCCCC. The molecule has 0 aliphatic rings. The molecule has 0 bridgehead atoms. The number of unbranched alkanes of at least 4 members (excludes halogenated alkanes) is 6. The summed E-state index contributed by atoms with van der Waals surface area (Å²) in [5.74, 6) is 0. The average molecular weight is 349 g/mol. The van der Waals surface area contributed by atoms with E-state index in [9.17, 15) is 0 Å². The Labute approximate surface area is 151 Å². The fourth-order valence-electron chi connectivity index (χ4n) is 3.16. The molecule has 0 nitrogen and oxygen atoms in total. The van der Waals surface area contributed by atoms with Gasteiger partial charge in [-0.25, -0.2) is 0 Å². The topological polar surface area (TPSA) is 0 Å². The number of thiophene rings is 2. The maximum absolute atomic E-state index is 2.44. The Hall–Kier alpha value is -0.600. The van der Waals surface area contributed by atoms with Crippen molar-refractivity contribution in [3.05, 3.63) is 33.5 Å². The first-order valence-electron chi connectivity index (χ1n) is 9.42. The molecule has 128 valence electrons. The summed E-state index contributed by atoms with van der Waals surface area (Å²) in [5.41, 5.74) is 3.18. The Bertz CT molecular complexity index is 562. The van der Waals surface area contributed by atoms with Gasteiger partial charge in [-0.2, -0.15) is 0 Å². The van der Waals surface area contributed by atoms with Crippen molar-refractivity contribution in [1.82, 2.24) is 0 Å². The largest absolute Gasteiger partial charge is 0.143 e. The third-order valence-corrected chi connectivity index (χ3v) is 6.70. The molecule has 0 saturated carbocycles. The quantitative estimate of drug-likeness (QED) is 0.360. The molecule has 0 amide bonds. The summed E-state index contributed by atoms with van der Waals surface area (Å²) in [6.45, 7) is 6.84. The number of hydrogen-bond acceptors (Lipinski definition) is 2. The number of aryl methyl sites for hydroxylation is 3. The molecular weight excluding hydrogens is 316 g/mol. The van der Waals surface area contributed by atoms with Crippen LogP contribution in [0.2, 0.25) is 0 Å². The molecule has 0 unspecified atom stereocenters. The molecule has 0 saturated heterocycles. The van der Waals surface area contributed by atoms with Crippen LogP contribution in [0.5, 0.6) is 0 Å². The zero-order valence-corrected chi connectivity index (χ0v) is 16.8. The van der Waals surface area contributed by atoms with Crippen molar-refractivity contribution >= 4 is 22.7 Å². The van der Waals surface area contributed by atoms with Gasteiger partial charge in [0.25, 0.3) is 0 Å². The molecule has 0 aliphatic heterocycles. The maximum atomic E-state index is 2.44. The first-order chi connectivity index (χ1) is 11.3. The molecule has 2 aromatic heterocycles. The molecule has 0 atom stereocenters. The van der Waals surface area contributed by atoms with Gasteiger partial charge in [0.15, 0.2) is 0 Å². The highest BCUT2D eigenvalue weighted by Crippen LogP contribution is 2.39. The number of hydrogen-bond donors (Lipinski definition) is 0. The third-order valence-electron chi connectivity index (χ3n) is 4.48. The molecule has 0 aliphatic carbocycles. The fraction of sp³-hybridized carbons (Fsp3) is 0.619. The highest BCUT2D eigenvalue weighted by molar-refractivity contribution is 7.21. The summed E-state index contributed by atoms with van der Waals surface area (Å²) in [6.07, 6.45) is 13.3. The molecule has 0 radical (unpaired) electrons. The molecule has 0 N–H and O–H groups in total. The minimum absolute atomic E-state index is 1.26. The van der Waals surface area contributed by atoms with Crippen LogP contribution in [0, 0.1) is 6.92 Å². The predicted octanol–water partition coefficient (Wildman–Crippen LogP) is 8.03. The Kier molecular flexibility index (Phi) is 8.39. The lowest BCUT2D eigenvalue weighted by atomic mass is 10.0. The Morgan fingerprint density at radius 3 is 2.09 bits per heavy atom. The van der Waals surface area contributed by atoms with Crippen molar-refractivity contribution in [3.8, 4) is 9.75 Å². The Morgan fingerprint density at radius 2 is 1.43 bits per heavy atom. The summed E-state index contributed by atoms with van der Waals surface area (Å²) in [4.78, 5) is 4.60. The van der Waals surface area contributed by atoms with Crippen molar-refractivity contribution in [1.29, 1.82) is 0 Å². The molecule has 23 heavy (non-hydrogen) atoms. The van der Waals surface area contributed by atoms with Crippen molar-refractivity contribution < 1.29 is 0 Å². The minimum atomic E-state index is 1.26. The van der Waals surface area contributed by atoms with E-state index in [1.54, 1.807) is 20.9 Å². The first-order valence-corrected chi connectivity index (χ1v) is 11.1. The van der Waals surface area contributed by atoms with Gasteiger partial charge in [-0.15, -0.1) is 22.7 Å². The highest BCUT2D eigenvalue weighted by Gasteiger charge is 2.14. The summed E-state index contributed by atoms with van der Waals surface area (Å²) >= 11 is 3.95. The molecule has 0 aromatic carbocycles. The van der Waals surface area contributed by atoms with E-state index in [-0.39, 0.29) is 0 Å². The number of rotatable bonds is 11. The second-order valence-electron chi connectivity index (χ2n) is 6.61. The van der Waals surface area contributed by atoms with Gasteiger partial charge in [0.05, 0.1) is 0 Å². The minimum Gasteiger partial charge on any atom is -0.143 e. The second kappa shape index (κ2) is 10.3. The molecule has 2 heterocycles. The van der Waals surface area contributed by atoms with Crippen molar-refractivity contribution in [2.24, 2.45) is 0 Å². The van der Waals surface area contributed by atoms with Gasteiger partial charge >= 0.3 is 0 Å². The predicted molar refractivity (Wildman–Crippen MR) is 108 cm³/mol. The molecule has 2 aromatic rings. The molecule has 2 heteroatoms. The molecular formula is C21H32S2. The van der Waals surface area contributed by atoms with Gasteiger partial charge in [-0.3, -0.25) is 0 Å². The zero-order chi connectivity index (χ0) is 16.5. The highest BCUT2D eigenvalue weighted by atomic mass is 32.1. The van der Waals surface area contributed by atoms with Gasteiger partial charge in [0.1, 0.15) is 0 Å². The van der Waals surface area contributed by atoms with Crippen LogP contribution in [0.1, 0.15) is 81.2 Å². The smallest absolute Gasteiger partial charge is 0.0480 e. The lowest BCUT2D eigenvalue weighted by Crippen LogP contribution is -1.89. The normalized spacial score (nSPS) is 11.3. The molecule has 0 fully saturated rings. The van der Waals surface area contributed by atoms with Gasteiger partial charge in [0.2, 0.25) is 0 Å². The van der Waals surface area contributed by atoms with Crippen LogP contribution in [0.25, 0.3) is 9.75 Å². The van der Waals surface area contributed by atoms with Crippen LogP contribution in [0.3, 0.4) is 0 Å². The van der Waals surface area contributed by atoms with Crippen LogP contribution in [-0.2, 0) is 12.8 Å². The van der Waals surface area contributed by atoms with Crippen LogP contribution in [0.15, 0.2) is 17.5 Å². The Balaban J connectivity index is 2.04. The molecule has 0 spiro atoms. The third kappa shape index (κ3) is 5.76. The second-order valence-corrected chi connectivity index (χ2v) is 8.78. The van der Waals surface area contributed by atoms with Gasteiger partial charge in [-0.1, -0.05) is 52.4 Å². The van der Waals surface area contributed by atoms with E-state index in [1.165, 1.54) is 69.1 Å². The average Bonchev–Trinajstić information content (AvgIpc) is 3.14. The summed E-state index contributed by atoms with van der Waals surface area (Å²) in [7, 11) is 0. The monoisotopic (exact) mass is 348 g/mol. The van der Waals surface area contributed by atoms with Gasteiger partial charge in [0, 0.05) is 14.6 Å². The fourth-order valence-corrected chi connectivity index (χ4v) is 5.40. The van der Waals surface area contributed by atoms with Gasteiger partial charge < -0.3 is 0 Å². The molecule has 2 rings (SSSR count). The van der Waals surface area contributed by atoms with E-state index in [1.807, 2.05) is 22.7 Å². The summed E-state index contributed by atoms with van der Waals surface area (Å²) in [6, 6.07) is 4.80.